The molecule has 2 rings (SSSR count). The summed E-state index contributed by atoms with van der Waals surface area (Å²) in [6.45, 7) is 4.82. The topological polar surface area (TPSA) is 29.5 Å². The van der Waals surface area contributed by atoms with Crippen molar-refractivity contribution in [1.29, 1.82) is 0 Å². The molecule has 0 saturated heterocycles. The number of fused-ring (bicyclic) bond motifs is 1. The minimum Gasteiger partial charge on any atom is -0.497 e. The van der Waals surface area contributed by atoms with Gasteiger partial charge in [0.2, 0.25) is 5.91 Å². The maximum atomic E-state index is 11.9. The number of hydrogen-bond donors (Lipinski definition) is 0. The van der Waals surface area contributed by atoms with Crippen molar-refractivity contribution in [2.75, 3.05) is 19.5 Å². The van der Waals surface area contributed by atoms with Gasteiger partial charge in [0, 0.05) is 6.54 Å². The van der Waals surface area contributed by atoms with Crippen LogP contribution in [0, 0.1) is 0 Å². The van der Waals surface area contributed by atoms with Crippen LogP contribution in [-0.2, 0) is 16.8 Å². The van der Waals surface area contributed by atoms with E-state index in [0.717, 1.165) is 12.2 Å². The maximum Gasteiger partial charge on any atom is 0.238 e. The number of carbonyl (C=O) groups excluding carboxylic acids is 1. The molecule has 0 fully saturated rings. The van der Waals surface area contributed by atoms with Crippen LogP contribution in [-0.4, -0.2) is 30.3 Å². The Bertz CT molecular complexity index is 471. The fraction of sp³-hybridized carbons (Fsp3) is 0.500. The average Bonchev–Trinajstić information content (AvgIpc) is 2.37. The van der Waals surface area contributed by atoms with Crippen LogP contribution in [0.15, 0.2) is 18.2 Å². The smallest absolute Gasteiger partial charge is 0.238 e. The number of nitrogens with zero attached hydrogens (tertiary/aromatic N) is 1. The fourth-order valence-corrected chi connectivity index (χ4v) is 2.81. The van der Waals surface area contributed by atoms with E-state index in [1.54, 1.807) is 7.11 Å². The molecule has 4 heteroatoms. The summed E-state index contributed by atoms with van der Waals surface area (Å²) < 4.78 is 5.24. The molecule has 1 aromatic carbocycles. The van der Waals surface area contributed by atoms with E-state index in [9.17, 15) is 4.79 Å². The SMILES string of the molecule is COc1ccc2c(c1)CCN(C(=O)CCl)C2(C)C. The van der Waals surface area contributed by atoms with Gasteiger partial charge in [0.05, 0.1) is 12.6 Å². The zero-order chi connectivity index (χ0) is 13.3. The summed E-state index contributed by atoms with van der Waals surface area (Å²) in [4.78, 5) is 13.7. The van der Waals surface area contributed by atoms with Crippen molar-refractivity contribution in [2.24, 2.45) is 0 Å². The van der Waals surface area contributed by atoms with Crippen molar-refractivity contribution in [3.8, 4) is 5.75 Å². The van der Waals surface area contributed by atoms with Crippen molar-refractivity contribution >= 4 is 17.5 Å². The number of rotatable bonds is 2. The predicted molar refractivity (Wildman–Crippen MR) is 72.2 cm³/mol. The van der Waals surface area contributed by atoms with Crippen LogP contribution in [0.5, 0.6) is 5.75 Å². The highest BCUT2D eigenvalue weighted by Gasteiger charge is 2.36. The molecule has 1 heterocycles. The van der Waals surface area contributed by atoms with Gasteiger partial charge in [0.25, 0.3) is 0 Å². The number of amides is 1. The number of carbonyl (C=O) groups is 1. The van der Waals surface area contributed by atoms with E-state index in [1.807, 2.05) is 17.0 Å². The van der Waals surface area contributed by atoms with Crippen molar-refractivity contribution in [2.45, 2.75) is 25.8 Å². The first-order valence-corrected chi connectivity index (χ1v) is 6.58. The van der Waals surface area contributed by atoms with Crippen LogP contribution >= 0.6 is 11.6 Å². The largest absolute Gasteiger partial charge is 0.497 e. The van der Waals surface area contributed by atoms with Gasteiger partial charge in [-0.15, -0.1) is 11.6 Å². The van der Waals surface area contributed by atoms with Gasteiger partial charge >= 0.3 is 0 Å². The van der Waals surface area contributed by atoms with E-state index in [1.165, 1.54) is 11.1 Å². The zero-order valence-corrected chi connectivity index (χ0v) is 11.8. The Hall–Kier alpha value is -1.22. The van der Waals surface area contributed by atoms with Crippen molar-refractivity contribution < 1.29 is 9.53 Å². The summed E-state index contributed by atoms with van der Waals surface area (Å²) in [6.07, 6.45) is 0.846. The normalized spacial score (nSPS) is 17.2. The Balaban J connectivity index is 2.42. The molecule has 0 bridgehead atoms. The lowest BCUT2D eigenvalue weighted by Crippen LogP contribution is -2.50. The van der Waals surface area contributed by atoms with Crippen LogP contribution in [0.3, 0.4) is 0 Å². The quantitative estimate of drug-likeness (QED) is 0.771. The van der Waals surface area contributed by atoms with Gasteiger partial charge in [-0.2, -0.15) is 0 Å². The molecule has 0 aromatic heterocycles. The van der Waals surface area contributed by atoms with Gasteiger partial charge in [-0.1, -0.05) is 6.07 Å². The van der Waals surface area contributed by atoms with Gasteiger partial charge in [-0.05, 0) is 43.5 Å². The second-order valence-corrected chi connectivity index (χ2v) is 5.28. The Labute approximate surface area is 113 Å². The lowest BCUT2D eigenvalue weighted by Gasteiger charge is -2.43. The molecule has 0 aliphatic carbocycles. The number of benzene rings is 1. The monoisotopic (exact) mass is 267 g/mol. The number of halogens is 1. The lowest BCUT2D eigenvalue weighted by molar-refractivity contribution is -0.134. The Morgan fingerprint density at radius 2 is 2.22 bits per heavy atom. The van der Waals surface area contributed by atoms with E-state index in [4.69, 9.17) is 16.3 Å². The zero-order valence-electron chi connectivity index (χ0n) is 11.0. The second-order valence-electron chi connectivity index (χ2n) is 5.01. The molecular weight excluding hydrogens is 250 g/mol. The highest BCUT2D eigenvalue weighted by molar-refractivity contribution is 6.27. The van der Waals surface area contributed by atoms with Crippen LogP contribution in [0.25, 0.3) is 0 Å². The molecule has 1 aromatic rings. The summed E-state index contributed by atoms with van der Waals surface area (Å²) in [6, 6.07) is 6.04. The summed E-state index contributed by atoms with van der Waals surface area (Å²) in [5, 5.41) is 0. The van der Waals surface area contributed by atoms with E-state index >= 15 is 0 Å². The highest BCUT2D eigenvalue weighted by atomic mass is 35.5. The van der Waals surface area contributed by atoms with Gasteiger partial charge in [-0.25, -0.2) is 0 Å². The summed E-state index contributed by atoms with van der Waals surface area (Å²) in [5.41, 5.74) is 2.11. The minimum absolute atomic E-state index is 0.0110. The average molecular weight is 268 g/mol. The van der Waals surface area contributed by atoms with E-state index in [0.29, 0.717) is 6.54 Å². The van der Waals surface area contributed by atoms with E-state index in [2.05, 4.69) is 19.9 Å². The molecule has 0 unspecified atom stereocenters. The highest BCUT2D eigenvalue weighted by Crippen LogP contribution is 2.36. The standard InChI is InChI=1S/C14H18ClNO2/c1-14(2)12-5-4-11(18-3)8-10(12)6-7-16(14)13(17)9-15/h4-5,8H,6-7,9H2,1-3H3. The summed E-state index contributed by atoms with van der Waals surface area (Å²) in [5.74, 6) is 0.888. The Kier molecular flexibility index (Phi) is 3.53. The maximum absolute atomic E-state index is 11.9. The van der Waals surface area contributed by atoms with E-state index < -0.39 is 0 Å². The third kappa shape index (κ3) is 2.07. The fourth-order valence-electron chi connectivity index (χ4n) is 2.67. The molecule has 0 radical (unpaired) electrons. The number of hydrogen-bond acceptors (Lipinski definition) is 2. The van der Waals surface area contributed by atoms with Crippen molar-refractivity contribution in [3.63, 3.8) is 0 Å². The molecule has 98 valence electrons. The number of alkyl halides is 1. The van der Waals surface area contributed by atoms with Crippen molar-refractivity contribution in [3.05, 3.63) is 29.3 Å². The molecule has 0 N–H and O–H groups in total. The molecule has 18 heavy (non-hydrogen) atoms. The Morgan fingerprint density at radius 3 is 2.83 bits per heavy atom. The molecule has 1 aliphatic rings. The molecule has 1 amide bonds. The van der Waals surface area contributed by atoms with Gasteiger partial charge in [0.1, 0.15) is 11.6 Å². The molecule has 1 aliphatic heterocycles. The molecule has 0 spiro atoms. The van der Waals surface area contributed by atoms with Crippen LogP contribution in [0.2, 0.25) is 0 Å². The van der Waals surface area contributed by atoms with Crippen molar-refractivity contribution in [1.82, 2.24) is 4.90 Å². The minimum atomic E-state index is -0.314. The Morgan fingerprint density at radius 1 is 1.50 bits per heavy atom. The van der Waals surface area contributed by atoms with Gasteiger partial charge in [0.15, 0.2) is 0 Å². The molecule has 3 nitrogen and oxygen atoms in total. The first-order chi connectivity index (χ1) is 8.50. The summed E-state index contributed by atoms with van der Waals surface area (Å²) >= 11 is 5.68. The third-order valence-corrected chi connectivity index (χ3v) is 3.90. The van der Waals surface area contributed by atoms with Gasteiger partial charge < -0.3 is 9.64 Å². The van der Waals surface area contributed by atoms with Crippen LogP contribution < -0.4 is 4.74 Å². The van der Waals surface area contributed by atoms with Crippen LogP contribution in [0.1, 0.15) is 25.0 Å². The second kappa shape index (κ2) is 4.81. The summed E-state index contributed by atoms with van der Waals surface area (Å²) in [7, 11) is 1.67. The first kappa shape index (κ1) is 13.2. The number of ether oxygens (including phenoxy) is 1. The molecular formula is C14H18ClNO2. The molecule has 0 atom stereocenters. The lowest BCUT2D eigenvalue weighted by atomic mass is 9.83. The van der Waals surface area contributed by atoms with Crippen LogP contribution in [0.4, 0.5) is 0 Å². The van der Waals surface area contributed by atoms with Gasteiger partial charge in [-0.3, -0.25) is 4.79 Å². The number of methoxy groups -OCH3 is 1. The van der Waals surface area contributed by atoms with E-state index in [-0.39, 0.29) is 17.3 Å². The third-order valence-electron chi connectivity index (χ3n) is 3.67. The predicted octanol–water partition coefficient (Wildman–Crippen LogP) is 2.55. The molecule has 0 saturated carbocycles. The first-order valence-electron chi connectivity index (χ1n) is 6.04.